The molecular formula is C26H28F2N4O3. The summed E-state index contributed by atoms with van der Waals surface area (Å²) in [5.74, 6) is -1.14. The number of allylic oxidation sites excluding steroid dienone is 3. The number of benzene rings is 2. The zero-order chi connectivity index (χ0) is 25.6. The lowest BCUT2D eigenvalue weighted by Crippen LogP contribution is -2.20. The van der Waals surface area contributed by atoms with Crippen molar-refractivity contribution in [1.82, 2.24) is 0 Å². The number of anilines is 2. The number of alkyl halides is 2. The molecule has 0 radical (unpaired) electrons. The number of nitrogens with zero attached hydrogens (tertiary/aromatic N) is 1. The molecular weight excluding hydrogens is 454 g/mol. The number of hydrogen-bond acceptors (Lipinski definition) is 5. The largest absolute Gasteiger partial charge is 0.462 e. The zero-order valence-corrected chi connectivity index (χ0v) is 19.8. The highest BCUT2D eigenvalue weighted by molar-refractivity contribution is 5.99. The van der Waals surface area contributed by atoms with Crippen LogP contribution < -0.4 is 25.8 Å². The Labute approximate surface area is 203 Å². The second-order valence-electron chi connectivity index (χ2n) is 8.04. The molecule has 0 atom stereocenters. The SMILES string of the molecule is C=C(C)Oc1ccc(NC(=O)Nc2ccc(OC3=CC=NC(N)=C(CC)C3)cc2)cc1C(C)(F)F. The molecule has 0 saturated carbocycles. The van der Waals surface area contributed by atoms with Gasteiger partial charge in [0.2, 0.25) is 0 Å². The van der Waals surface area contributed by atoms with Crippen molar-refractivity contribution in [3.05, 3.63) is 83.6 Å². The summed E-state index contributed by atoms with van der Waals surface area (Å²) in [6.07, 6.45) is 4.68. The van der Waals surface area contributed by atoms with Crippen molar-refractivity contribution in [3.8, 4) is 11.5 Å². The Hall–Kier alpha value is -4.14. The van der Waals surface area contributed by atoms with Crippen molar-refractivity contribution in [1.29, 1.82) is 0 Å². The lowest BCUT2D eigenvalue weighted by atomic mass is 10.1. The number of carbonyl (C=O) groups is 1. The van der Waals surface area contributed by atoms with Crippen LogP contribution in [0.5, 0.6) is 11.5 Å². The second-order valence-corrected chi connectivity index (χ2v) is 8.04. The Morgan fingerprint density at radius 1 is 1.17 bits per heavy atom. The molecule has 0 aromatic heterocycles. The van der Waals surface area contributed by atoms with Gasteiger partial charge in [0, 0.05) is 30.9 Å². The van der Waals surface area contributed by atoms with Crippen LogP contribution >= 0.6 is 0 Å². The van der Waals surface area contributed by atoms with Crippen LogP contribution in [-0.4, -0.2) is 12.2 Å². The normalized spacial score (nSPS) is 13.6. The maximum atomic E-state index is 14.0. The molecule has 2 aromatic carbocycles. The first-order chi connectivity index (χ1) is 16.5. The number of amides is 2. The molecule has 0 saturated heterocycles. The fourth-order valence-electron chi connectivity index (χ4n) is 3.31. The molecule has 4 N–H and O–H groups in total. The molecule has 1 aliphatic rings. The molecule has 1 heterocycles. The van der Waals surface area contributed by atoms with E-state index in [-0.39, 0.29) is 22.8 Å². The van der Waals surface area contributed by atoms with Gasteiger partial charge in [0.1, 0.15) is 23.1 Å². The summed E-state index contributed by atoms with van der Waals surface area (Å²) in [5, 5.41) is 5.21. The molecule has 1 aliphatic heterocycles. The topological polar surface area (TPSA) is 98.0 Å². The molecule has 7 nitrogen and oxygen atoms in total. The molecule has 184 valence electrons. The third kappa shape index (κ3) is 7.17. The molecule has 2 amide bonds. The van der Waals surface area contributed by atoms with Gasteiger partial charge in [-0.05, 0) is 67.5 Å². The summed E-state index contributed by atoms with van der Waals surface area (Å²) >= 11 is 0. The van der Waals surface area contributed by atoms with Crippen LogP contribution in [0, 0.1) is 0 Å². The van der Waals surface area contributed by atoms with Crippen LogP contribution in [0.4, 0.5) is 25.0 Å². The number of hydrogen-bond donors (Lipinski definition) is 3. The third-order valence-electron chi connectivity index (χ3n) is 5.01. The maximum Gasteiger partial charge on any atom is 0.323 e. The first-order valence-electron chi connectivity index (χ1n) is 11.0. The molecule has 0 fully saturated rings. The second kappa shape index (κ2) is 10.9. The number of carbonyl (C=O) groups excluding carboxylic acids is 1. The van der Waals surface area contributed by atoms with E-state index in [0.717, 1.165) is 18.9 Å². The van der Waals surface area contributed by atoms with Gasteiger partial charge in [0.15, 0.2) is 0 Å². The summed E-state index contributed by atoms with van der Waals surface area (Å²) in [4.78, 5) is 16.6. The number of nitrogens with one attached hydrogen (secondary N) is 2. The third-order valence-corrected chi connectivity index (χ3v) is 5.01. The summed E-state index contributed by atoms with van der Waals surface area (Å²) in [6.45, 7) is 7.90. The number of rotatable bonds is 8. The molecule has 0 spiro atoms. The van der Waals surface area contributed by atoms with E-state index >= 15 is 0 Å². The van der Waals surface area contributed by atoms with E-state index < -0.39 is 12.0 Å². The molecule has 9 heteroatoms. The van der Waals surface area contributed by atoms with Gasteiger partial charge in [0.25, 0.3) is 5.92 Å². The predicted molar refractivity (Wildman–Crippen MR) is 134 cm³/mol. The highest BCUT2D eigenvalue weighted by Gasteiger charge is 2.29. The number of urea groups is 1. The van der Waals surface area contributed by atoms with Crippen LogP contribution in [0.15, 0.2) is 83.0 Å². The highest BCUT2D eigenvalue weighted by Crippen LogP contribution is 2.37. The van der Waals surface area contributed by atoms with Crippen LogP contribution in [0.25, 0.3) is 0 Å². The predicted octanol–water partition coefficient (Wildman–Crippen LogP) is 6.67. The molecule has 35 heavy (non-hydrogen) atoms. The van der Waals surface area contributed by atoms with Crippen molar-refractivity contribution in [2.45, 2.75) is 39.5 Å². The van der Waals surface area contributed by atoms with E-state index in [4.69, 9.17) is 15.2 Å². The van der Waals surface area contributed by atoms with Gasteiger partial charge < -0.3 is 25.8 Å². The molecule has 0 bridgehead atoms. The minimum atomic E-state index is -3.17. The molecule has 0 unspecified atom stereocenters. The van der Waals surface area contributed by atoms with Crippen LogP contribution in [0.3, 0.4) is 0 Å². The number of nitrogens with two attached hydrogens (primary N) is 1. The average molecular weight is 483 g/mol. The fourth-order valence-corrected chi connectivity index (χ4v) is 3.31. The fraction of sp³-hybridized carbons (Fsp3) is 0.231. The van der Waals surface area contributed by atoms with E-state index in [2.05, 4.69) is 22.2 Å². The standard InChI is InChI=1S/C26H28F2N4O3/c1-5-17-14-21(12-13-30-24(17)29)35-20-9-6-18(7-10-20)31-25(33)32-19-8-11-23(34-16(2)3)22(15-19)26(4,27)28/h6-13,15H,2,5,14,29H2,1,3-4H3,(H2,31,32,33). The first kappa shape index (κ1) is 25.5. The van der Waals surface area contributed by atoms with Crippen molar-refractivity contribution in [3.63, 3.8) is 0 Å². The van der Waals surface area contributed by atoms with Crippen molar-refractivity contribution >= 4 is 23.6 Å². The van der Waals surface area contributed by atoms with Gasteiger partial charge in [-0.2, -0.15) is 0 Å². The number of halogens is 2. The Kier molecular flexibility index (Phi) is 7.91. The maximum absolute atomic E-state index is 14.0. The highest BCUT2D eigenvalue weighted by atomic mass is 19.3. The van der Waals surface area contributed by atoms with E-state index in [1.165, 1.54) is 18.2 Å². The lowest BCUT2D eigenvalue weighted by molar-refractivity contribution is 0.0153. The lowest BCUT2D eigenvalue weighted by Gasteiger charge is -2.18. The minimum absolute atomic E-state index is 0.0224. The monoisotopic (exact) mass is 482 g/mol. The van der Waals surface area contributed by atoms with E-state index in [1.807, 2.05) is 6.92 Å². The molecule has 2 aromatic rings. The Morgan fingerprint density at radius 3 is 2.46 bits per heavy atom. The number of ether oxygens (including phenoxy) is 2. The van der Waals surface area contributed by atoms with Crippen LogP contribution in [-0.2, 0) is 5.92 Å². The smallest absolute Gasteiger partial charge is 0.323 e. The Bertz CT molecular complexity index is 1200. The van der Waals surface area contributed by atoms with Gasteiger partial charge in [-0.3, -0.25) is 0 Å². The van der Waals surface area contributed by atoms with Crippen molar-refractivity contribution in [2.24, 2.45) is 10.7 Å². The van der Waals surface area contributed by atoms with E-state index in [1.54, 1.807) is 43.5 Å². The quantitative estimate of drug-likeness (QED) is 0.366. The van der Waals surface area contributed by atoms with Gasteiger partial charge in [-0.1, -0.05) is 13.5 Å². The van der Waals surface area contributed by atoms with Crippen molar-refractivity contribution < 1.29 is 23.0 Å². The summed E-state index contributed by atoms with van der Waals surface area (Å²) < 4.78 is 39.3. The summed E-state index contributed by atoms with van der Waals surface area (Å²) in [7, 11) is 0. The zero-order valence-electron chi connectivity index (χ0n) is 19.8. The van der Waals surface area contributed by atoms with Gasteiger partial charge in [-0.25, -0.2) is 18.6 Å². The van der Waals surface area contributed by atoms with E-state index in [9.17, 15) is 13.6 Å². The van der Waals surface area contributed by atoms with Crippen LogP contribution in [0.1, 0.15) is 39.2 Å². The summed E-state index contributed by atoms with van der Waals surface area (Å²) in [5.41, 5.74) is 7.23. The van der Waals surface area contributed by atoms with Gasteiger partial charge >= 0.3 is 6.03 Å². The molecule has 0 aliphatic carbocycles. The minimum Gasteiger partial charge on any atom is -0.462 e. The number of aliphatic imine (C=N–C) groups is 1. The molecule has 3 rings (SSSR count). The van der Waals surface area contributed by atoms with Gasteiger partial charge in [0.05, 0.1) is 11.3 Å². The average Bonchev–Trinajstić information content (AvgIpc) is 2.95. The van der Waals surface area contributed by atoms with Gasteiger partial charge in [-0.15, -0.1) is 0 Å². The Balaban J connectivity index is 1.63. The van der Waals surface area contributed by atoms with E-state index in [0.29, 0.717) is 29.4 Å². The first-order valence-corrected chi connectivity index (χ1v) is 11.0. The Morgan fingerprint density at radius 2 is 1.83 bits per heavy atom. The van der Waals surface area contributed by atoms with Crippen molar-refractivity contribution in [2.75, 3.05) is 10.6 Å². The summed E-state index contributed by atoms with van der Waals surface area (Å²) in [6, 6.07) is 10.2. The van der Waals surface area contributed by atoms with Crippen LogP contribution in [0.2, 0.25) is 0 Å².